The zero-order chi connectivity index (χ0) is 35.1. The van der Waals surface area contributed by atoms with Gasteiger partial charge in [0.1, 0.15) is 6.61 Å². The zero-order valence-corrected chi connectivity index (χ0v) is 31.1. The van der Waals surface area contributed by atoms with Gasteiger partial charge in [0.25, 0.3) is 0 Å². The van der Waals surface area contributed by atoms with Gasteiger partial charge in [-0.1, -0.05) is 70.2 Å². The molecule has 0 saturated carbocycles. The van der Waals surface area contributed by atoms with Gasteiger partial charge in [0.05, 0.1) is 15.7 Å². The maximum atomic E-state index is 14.3. The first-order valence-electron chi connectivity index (χ1n) is 17.0. The standard InChI is InChI=1S/C41H44INO6/c1-6-48-34-19-28(18-29(42)38(34)49-24-26-12-14-27(15-13-26)39(46)47)35-36-30(20-40(2,3)22-32(36)44)43(17-16-25-10-8-7-9-11-25)31-21-41(4,5)23-33(45)37(31)35/h7-15,18-19,35H,6,16-17,20-24H2,1-5H3,(H,46,47). The van der Waals surface area contributed by atoms with E-state index in [-0.39, 0.29) is 34.6 Å². The Morgan fingerprint density at radius 3 is 1.98 bits per heavy atom. The first-order valence-corrected chi connectivity index (χ1v) is 18.1. The monoisotopic (exact) mass is 773 g/mol. The summed E-state index contributed by atoms with van der Waals surface area (Å²) in [6.07, 6.45) is 3.16. The van der Waals surface area contributed by atoms with E-state index < -0.39 is 11.9 Å². The fraction of sp³-hybridized carbons (Fsp3) is 0.390. The molecule has 2 aliphatic carbocycles. The first kappa shape index (κ1) is 34.9. The van der Waals surface area contributed by atoms with Crippen molar-refractivity contribution in [3.8, 4) is 11.5 Å². The number of allylic oxidation sites excluding steroid dienone is 4. The van der Waals surface area contributed by atoms with E-state index in [0.29, 0.717) is 37.5 Å². The minimum Gasteiger partial charge on any atom is -0.490 e. The van der Waals surface area contributed by atoms with Gasteiger partial charge in [-0.15, -0.1) is 0 Å². The summed E-state index contributed by atoms with van der Waals surface area (Å²) in [7, 11) is 0. The van der Waals surface area contributed by atoms with E-state index in [2.05, 4.69) is 79.5 Å². The summed E-state index contributed by atoms with van der Waals surface area (Å²) in [5.74, 6) is -0.143. The smallest absolute Gasteiger partial charge is 0.335 e. The van der Waals surface area contributed by atoms with Crippen molar-refractivity contribution in [2.45, 2.75) is 79.2 Å². The molecule has 0 spiro atoms. The number of nitrogens with zero attached hydrogens (tertiary/aromatic N) is 1. The minimum atomic E-state index is -0.977. The highest BCUT2D eigenvalue weighted by atomic mass is 127. The third-order valence-electron chi connectivity index (χ3n) is 9.74. The fourth-order valence-electron chi connectivity index (χ4n) is 7.59. The van der Waals surface area contributed by atoms with E-state index in [1.165, 1.54) is 5.56 Å². The van der Waals surface area contributed by atoms with Gasteiger partial charge in [-0.25, -0.2) is 4.79 Å². The summed E-state index contributed by atoms with van der Waals surface area (Å²) >= 11 is 2.25. The van der Waals surface area contributed by atoms with Gasteiger partial charge in [0, 0.05) is 47.8 Å². The Morgan fingerprint density at radius 2 is 1.43 bits per heavy atom. The number of benzene rings is 3. The molecule has 1 N–H and O–H groups in total. The first-order chi connectivity index (χ1) is 23.3. The van der Waals surface area contributed by atoms with E-state index in [0.717, 1.165) is 56.5 Å². The second kappa shape index (κ2) is 13.8. The second-order valence-corrected chi connectivity index (χ2v) is 16.1. The van der Waals surface area contributed by atoms with Crippen LogP contribution in [0.5, 0.6) is 11.5 Å². The fourth-order valence-corrected chi connectivity index (χ4v) is 8.37. The molecular formula is C41H44INO6. The average molecular weight is 774 g/mol. The average Bonchev–Trinajstić information content (AvgIpc) is 3.02. The second-order valence-electron chi connectivity index (χ2n) is 15.0. The molecule has 1 heterocycles. The van der Waals surface area contributed by atoms with Crippen molar-refractivity contribution in [1.29, 1.82) is 0 Å². The minimum absolute atomic E-state index is 0.100. The molecule has 3 aliphatic rings. The molecule has 0 aromatic heterocycles. The number of aromatic carboxylic acids is 1. The van der Waals surface area contributed by atoms with Gasteiger partial charge in [-0.05, 0) is 101 Å². The summed E-state index contributed by atoms with van der Waals surface area (Å²) in [6, 6.07) is 21.0. The van der Waals surface area contributed by atoms with E-state index in [1.807, 2.05) is 25.1 Å². The van der Waals surface area contributed by atoms with E-state index in [9.17, 15) is 19.5 Å². The van der Waals surface area contributed by atoms with Gasteiger partial charge in [-0.2, -0.15) is 0 Å². The lowest BCUT2D eigenvalue weighted by Gasteiger charge is -2.49. The Labute approximate surface area is 302 Å². The molecule has 3 aromatic carbocycles. The number of carboxylic acid groups (broad SMARTS) is 1. The van der Waals surface area contributed by atoms with Crippen LogP contribution >= 0.6 is 22.6 Å². The summed E-state index contributed by atoms with van der Waals surface area (Å²) in [5, 5.41) is 9.27. The lowest BCUT2D eigenvalue weighted by Crippen LogP contribution is -2.45. The largest absolute Gasteiger partial charge is 0.490 e. The molecule has 6 rings (SSSR count). The summed E-state index contributed by atoms with van der Waals surface area (Å²) in [6.45, 7) is 11.9. The highest BCUT2D eigenvalue weighted by Gasteiger charge is 2.49. The number of ketones is 2. The van der Waals surface area contributed by atoms with Crippen LogP contribution in [0.25, 0.3) is 0 Å². The Bertz CT molecular complexity index is 1800. The Morgan fingerprint density at radius 1 is 0.837 bits per heavy atom. The predicted molar refractivity (Wildman–Crippen MR) is 198 cm³/mol. The molecule has 256 valence electrons. The normalized spacial score (nSPS) is 18.7. The maximum Gasteiger partial charge on any atom is 0.335 e. The van der Waals surface area contributed by atoms with E-state index >= 15 is 0 Å². The molecule has 0 radical (unpaired) electrons. The number of hydrogen-bond acceptors (Lipinski definition) is 6. The van der Waals surface area contributed by atoms with Crippen LogP contribution < -0.4 is 9.47 Å². The summed E-state index contributed by atoms with van der Waals surface area (Å²) in [4.78, 5) is 42.3. The van der Waals surface area contributed by atoms with Crippen LogP contribution in [0.15, 0.2) is 89.3 Å². The van der Waals surface area contributed by atoms with Crippen LogP contribution in [0, 0.1) is 14.4 Å². The molecular weight excluding hydrogens is 729 g/mol. The highest BCUT2D eigenvalue weighted by molar-refractivity contribution is 14.1. The van der Waals surface area contributed by atoms with Gasteiger partial charge >= 0.3 is 5.97 Å². The molecule has 49 heavy (non-hydrogen) atoms. The molecule has 1 aliphatic heterocycles. The van der Waals surface area contributed by atoms with Crippen molar-refractivity contribution in [2.24, 2.45) is 10.8 Å². The third-order valence-corrected chi connectivity index (χ3v) is 10.5. The predicted octanol–water partition coefficient (Wildman–Crippen LogP) is 8.90. The van der Waals surface area contributed by atoms with Gasteiger partial charge < -0.3 is 19.5 Å². The van der Waals surface area contributed by atoms with Crippen molar-refractivity contribution < 1.29 is 29.0 Å². The Kier molecular flexibility index (Phi) is 9.81. The highest BCUT2D eigenvalue weighted by Crippen LogP contribution is 2.55. The van der Waals surface area contributed by atoms with Gasteiger partial charge in [0.2, 0.25) is 0 Å². The number of rotatable bonds is 10. The van der Waals surface area contributed by atoms with E-state index in [4.69, 9.17) is 9.47 Å². The topological polar surface area (TPSA) is 93.1 Å². The van der Waals surface area contributed by atoms with Crippen LogP contribution in [0.4, 0.5) is 0 Å². The van der Waals surface area contributed by atoms with Crippen molar-refractivity contribution in [3.63, 3.8) is 0 Å². The molecule has 3 aromatic rings. The van der Waals surface area contributed by atoms with Crippen LogP contribution in [0.3, 0.4) is 0 Å². The zero-order valence-electron chi connectivity index (χ0n) is 28.9. The molecule has 7 nitrogen and oxygen atoms in total. The lowest BCUT2D eigenvalue weighted by atomic mass is 9.63. The molecule has 0 bridgehead atoms. The molecule has 0 amide bonds. The summed E-state index contributed by atoms with van der Waals surface area (Å²) in [5.41, 5.74) is 6.28. The van der Waals surface area contributed by atoms with Crippen LogP contribution in [-0.4, -0.2) is 40.7 Å². The number of carbonyl (C=O) groups is 3. The number of hydrogen-bond donors (Lipinski definition) is 1. The van der Waals surface area contributed by atoms with Gasteiger partial charge in [-0.3, -0.25) is 9.59 Å². The number of carbonyl (C=O) groups excluding carboxylic acids is 2. The summed E-state index contributed by atoms with van der Waals surface area (Å²) < 4.78 is 13.3. The van der Waals surface area contributed by atoms with Crippen LogP contribution in [0.2, 0.25) is 0 Å². The van der Waals surface area contributed by atoms with Crippen molar-refractivity contribution in [3.05, 3.63) is 115 Å². The molecule has 0 fully saturated rings. The number of ether oxygens (including phenoxy) is 2. The van der Waals surface area contributed by atoms with Gasteiger partial charge in [0.15, 0.2) is 23.1 Å². The SMILES string of the molecule is CCOc1cc(C2C3=C(CC(C)(C)CC3=O)N(CCc3ccccc3)C3=C2C(=O)CC(C)(C)C3)cc(I)c1OCc1ccc(C(=O)O)cc1. The van der Waals surface area contributed by atoms with Crippen molar-refractivity contribution in [2.75, 3.05) is 13.2 Å². The molecule has 0 saturated heterocycles. The molecule has 8 heteroatoms. The van der Waals surface area contributed by atoms with Crippen LogP contribution in [-0.2, 0) is 22.6 Å². The lowest BCUT2D eigenvalue weighted by molar-refractivity contribution is -0.119. The Hall–Kier alpha value is -3.92. The number of Topliss-reactive ketones (excluding diaryl/α,β-unsaturated/α-hetero) is 2. The Balaban J connectivity index is 1.45. The third kappa shape index (κ3) is 7.35. The molecule has 0 unspecified atom stereocenters. The van der Waals surface area contributed by atoms with Crippen molar-refractivity contribution >= 4 is 40.1 Å². The van der Waals surface area contributed by atoms with Crippen LogP contribution in [0.1, 0.15) is 93.3 Å². The number of halogens is 1. The number of carboxylic acids is 1. The molecule has 0 atom stereocenters. The van der Waals surface area contributed by atoms with Crippen molar-refractivity contribution in [1.82, 2.24) is 4.90 Å². The van der Waals surface area contributed by atoms with E-state index in [1.54, 1.807) is 24.3 Å². The maximum absolute atomic E-state index is 14.3. The quantitative estimate of drug-likeness (QED) is 0.206.